The Bertz CT molecular complexity index is 1170. The first-order valence-corrected chi connectivity index (χ1v) is 15.4. The van der Waals surface area contributed by atoms with E-state index < -0.39 is 16.1 Å². The van der Waals surface area contributed by atoms with E-state index in [1.807, 2.05) is 19.1 Å². The first kappa shape index (κ1) is 29.8. The fraction of sp³-hybridized carbons (Fsp3) is 0.500. The number of nitrogens with zero attached hydrogens (tertiary/aromatic N) is 2. The highest BCUT2D eigenvalue weighted by Gasteiger charge is 2.28. The smallest absolute Gasteiger partial charge is 0.242 e. The quantitative estimate of drug-likeness (QED) is 0.379. The molecule has 1 N–H and O–H groups in total. The van der Waals surface area contributed by atoms with E-state index in [9.17, 15) is 18.0 Å². The predicted molar refractivity (Wildman–Crippen MR) is 151 cm³/mol. The molecule has 0 bridgehead atoms. The Balaban J connectivity index is 1.69. The summed E-state index contributed by atoms with van der Waals surface area (Å²) in [5.41, 5.74) is 1.36. The summed E-state index contributed by atoms with van der Waals surface area (Å²) >= 11 is 6.02. The molecule has 208 valence electrons. The van der Waals surface area contributed by atoms with E-state index in [1.165, 1.54) is 4.31 Å². The zero-order valence-corrected chi connectivity index (χ0v) is 23.9. The highest BCUT2D eigenvalue weighted by molar-refractivity contribution is 7.92. The molecule has 1 aliphatic rings. The Labute approximate surface area is 231 Å². The lowest BCUT2D eigenvalue weighted by atomic mass is 10.1. The molecule has 3 rings (SSSR count). The van der Waals surface area contributed by atoms with E-state index in [2.05, 4.69) is 5.32 Å². The van der Waals surface area contributed by atoms with Gasteiger partial charge in [-0.3, -0.25) is 13.9 Å². The van der Waals surface area contributed by atoms with Crippen LogP contribution in [0.3, 0.4) is 0 Å². The van der Waals surface area contributed by atoms with Crippen LogP contribution in [-0.2, 0) is 26.2 Å². The van der Waals surface area contributed by atoms with Crippen molar-refractivity contribution in [2.24, 2.45) is 0 Å². The molecule has 0 saturated heterocycles. The van der Waals surface area contributed by atoms with Crippen LogP contribution in [0, 0.1) is 0 Å². The number of hydrogen-bond donors (Lipinski definition) is 1. The second-order valence-electron chi connectivity index (χ2n) is 9.68. The molecule has 2 amide bonds. The number of halogens is 1. The Kier molecular flexibility index (Phi) is 10.8. The number of carbonyl (C=O) groups excluding carboxylic acids is 2. The molecule has 1 aliphatic carbocycles. The summed E-state index contributed by atoms with van der Waals surface area (Å²) in [5, 5.41) is 3.68. The molecule has 1 saturated carbocycles. The highest BCUT2D eigenvalue weighted by atomic mass is 35.5. The van der Waals surface area contributed by atoms with Crippen LogP contribution in [-0.4, -0.2) is 56.6 Å². The van der Waals surface area contributed by atoms with E-state index in [4.69, 9.17) is 16.3 Å². The molecule has 0 aromatic heterocycles. The van der Waals surface area contributed by atoms with Gasteiger partial charge in [0.05, 0.1) is 18.6 Å². The topological polar surface area (TPSA) is 96.0 Å². The number of ether oxygens (including phenoxy) is 1. The zero-order valence-electron chi connectivity index (χ0n) is 22.4. The van der Waals surface area contributed by atoms with E-state index in [1.54, 1.807) is 48.2 Å². The van der Waals surface area contributed by atoms with Crippen molar-refractivity contribution in [2.75, 3.05) is 23.7 Å². The van der Waals surface area contributed by atoms with Gasteiger partial charge < -0.3 is 15.0 Å². The molecule has 1 atom stereocenters. The van der Waals surface area contributed by atoms with Crippen molar-refractivity contribution in [1.29, 1.82) is 0 Å². The minimum atomic E-state index is -3.57. The molecule has 0 radical (unpaired) electrons. The van der Waals surface area contributed by atoms with E-state index >= 15 is 0 Å². The predicted octanol–water partition coefficient (Wildman–Crippen LogP) is 4.76. The van der Waals surface area contributed by atoms with E-state index in [0.717, 1.165) is 37.5 Å². The molecular formula is C28H38ClN3O5S. The summed E-state index contributed by atoms with van der Waals surface area (Å²) in [5.74, 6) is 0.267. The van der Waals surface area contributed by atoms with Crippen LogP contribution in [0.2, 0.25) is 5.02 Å². The van der Waals surface area contributed by atoms with E-state index in [0.29, 0.717) is 29.5 Å². The van der Waals surface area contributed by atoms with Crippen LogP contribution in [0.5, 0.6) is 5.75 Å². The normalized spacial score (nSPS) is 14.6. The summed E-state index contributed by atoms with van der Waals surface area (Å²) in [6.45, 7) is 4.52. The fourth-order valence-corrected chi connectivity index (χ4v) is 5.73. The third kappa shape index (κ3) is 8.63. The van der Waals surface area contributed by atoms with Crippen molar-refractivity contribution in [3.63, 3.8) is 0 Å². The lowest BCUT2D eigenvalue weighted by Gasteiger charge is -2.30. The van der Waals surface area contributed by atoms with Gasteiger partial charge in [0, 0.05) is 30.6 Å². The Morgan fingerprint density at radius 1 is 1.08 bits per heavy atom. The first-order valence-electron chi connectivity index (χ1n) is 13.1. The van der Waals surface area contributed by atoms with Gasteiger partial charge in [-0.2, -0.15) is 0 Å². The average molecular weight is 564 g/mol. The number of carbonyl (C=O) groups is 2. The van der Waals surface area contributed by atoms with Crippen molar-refractivity contribution in [2.45, 2.75) is 71.0 Å². The third-order valence-electron chi connectivity index (χ3n) is 6.72. The number of nitrogens with one attached hydrogen (secondary N) is 1. The number of rotatable bonds is 13. The number of benzene rings is 2. The van der Waals surface area contributed by atoms with Gasteiger partial charge in [-0.25, -0.2) is 8.42 Å². The molecule has 0 heterocycles. The first-order chi connectivity index (χ1) is 18.1. The molecule has 1 unspecified atom stereocenters. The minimum absolute atomic E-state index is 0.0949. The highest BCUT2D eigenvalue weighted by Crippen LogP contribution is 2.23. The monoisotopic (exact) mass is 563 g/mol. The van der Waals surface area contributed by atoms with Crippen molar-refractivity contribution < 1.29 is 22.7 Å². The van der Waals surface area contributed by atoms with E-state index in [-0.39, 0.29) is 37.4 Å². The van der Waals surface area contributed by atoms with Gasteiger partial charge in [0.2, 0.25) is 21.8 Å². The lowest BCUT2D eigenvalue weighted by molar-refractivity contribution is -0.141. The van der Waals surface area contributed by atoms with Crippen LogP contribution < -0.4 is 14.4 Å². The number of sulfonamides is 1. The average Bonchev–Trinajstić information content (AvgIpc) is 3.39. The summed E-state index contributed by atoms with van der Waals surface area (Å²) in [6.07, 6.45) is 5.64. The van der Waals surface area contributed by atoms with Gasteiger partial charge in [-0.05, 0) is 75.1 Å². The maximum atomic E-state index is 13.4. The van der Waals surface area contributed by atoms with Crippen LogP contribution in [0.25, 0.3) is 0 Å². The summed E-state index contributed by atoms with van der Waals surface area (Å²) in [7, 11) is -3.57. The zero-order chi connectivity index (χ0) is 27.7. The van der Waals surface area contributed by atoms with Crippen molar-refractivity contribution in [3.8, 4) is 5.75 Å². The number of hydrogen-bond acceptors (Lipinski definition) is 5. The SMILES string of the molecule is CCOc1ccc(N(CCCC(=O)N(Cc2ccc(Cl)cc2)C(C)C(=O)NC2CCCC2)S(C)(=O)=O)cc1. The van der Waals surface area contributed by atoms with Gasteiger partial charge in [0.1, 0.15) is 11.8 Å². The second kappa shape index (κ2) is 13.8. The Morgan fingerprint density at radius 2 is 1.71 bits per heavy atom. The Morgan fingerprint density at radius 3 is 2.29 bits per heavy atom. The number of amides is 2. The van der Waals surface area contributed by atoms with Crippen molar-refractivity contribution in [3.05, 3.63) is 59.1 Å². The van der Waals surface area contributed by atoms with Gasteiger partial charge in [-0.15, -0.1) is 0 Å². The molecule has 1 fully saturated rings. The lowest BCUT2D eigenvalue weighted by Crippen LogP contribution is -2.49. The summed E-state index contributed by atoms with van der Waals surface area (Å²) in [4.78, 5) is 28.0. The summed E-state index contributed by atoms with van der Waals surface area (Å²) < 4.78 is 31.8. The summed E-state index contributed by atoms with van der Waals surface area (Å²) in [6, 6.07) is 13.5. The van der Waals surface area contributed by atoms with Gasteiger partial charge in [0.15, 0.2) is 0 Å². The Hall–Kier alpha value is -2.78. The second-order valence-corrected chi connectivity index (χ2v) is 12.0. The molecule has 0 aliphatic heterocycles. The maximum Gasteiger partial charge on any atom is 0.242 e. The largest absolute Gasteiger partial charge is 0.494 e. The number of anilines is 1. The molecule has 38 heavy (non-hydrogen) atoms. The van der Waals surface area contributed by atoms with Crippen LogP contribution in [0.4, 0.5) is 5.69 Å². The minimum Gasteiger partial charge on any atom is -0.494 e. The van der Waals surface area contributed by atoms with Gasteiger partial charge >= 0.3 is 0 Å². The van der Waals surface area contributed by atoms with Crippen molar-refractivity contribution in [1.82, 2.24) is 10.2 Å². The third-order valence-corrected chi connectivity index (χ3v) is 8.17. The van der Waals surface area contributed by atoms with Crippen LogP contribution in [0.15, 0.2) is 48.5 Å². The fourth-order valence-electron chi connectivity index (χ4n) is 4.64. The molecule has 10 heteroatoms. The molecule has 8 nitrogen and oxygen atoms in total. The van der Waals surface area contributed by atoms with Gasteiger partial charge in [0.25, 0.3) is 0 Å². The molecular weight excluding hydrogens is 526 g/mol. The maximum absolute atomic E-state index is 13.4. The molecule has 0 spiro atoms. The molecule has 2 aromatic rings. The molecule has 2 aromatic carbocycles. The standard InChI is InChI=1S/C28H38ClN3O5S/c1-4-37-26-17-15-25(16-18-26)32(38(3,35)36)19-7-10-27(33)31(20-22-11-13-23(29)14-12-22)21(2)28(34)30-24-8-5-6-9-24/h11-18,21,24H,4-10,19-20H2,1-3H3,(H,30,34). The van der Waals surface area contributed by atoms with Crippen LogP contribution >= 0.6 is 11.6 Å². The van der Waals surface area contributed by atoms with Gasteiger partial charge in [-0.1, -0.05) is 36.6 Å². The van der Waals surface area contributed by atoms with Crippen molar-refractivity contribution >= 4 is 39.1 Å². The van der Waals surface area contributed by atoms with Crippen LogP contribution in [0.1, 0.15) is 57.9 Å².